The molecule has 2 aliphatic rings. The fourth-order valence-corrected chi connectivity index (χ4v) is 3.78. The van der Waals surface area contributed by atoms with Gasteiger partial charge in [-0.2, -0.15) is 0 Å². The third-order valence-corrected chi connectivity index (χ3v) is 6.02. The van der Waals surface area contributed by atoms with Gasteiger partial charge in [-0.05, 0) is 71.8 Å². The SMILES string of the molecule is O=C1OC(c2ccc(Br)cc2)=N/C1=C/c1ccc(/C=C2/N=C(c3ccc(Br)cc3)OC2=O)cc1. The number of carbonyl (C=O) groups excluding carboxylic acids is 2. The van der Waals surface area contributed by atoms with Crippen LogP contribution in [0, 0.1) is 0 Å². The minimum atomic E-state index is -0.507. The van der Waals surface area contributed by atoms with Gasteiger partial charge in [-0.3, -0.25) is 0 Å². The van der Waals surface area contributed by atoms with Crippen molar-refractivity contribution in [3.8, 4) is 0 Å². The average molecular weight is 578 g/mol. The number of halogens is 2. The second-order valence-corrected chi connectivity index (χ2v) is 9.18. The molecule has 6 nitrogen and oxygen atoms in total. The number of aliphatic imine (C=N–C) groups is 2. The van der Waals surface area contributed by atoms with E-state index in [0.717, 1.165) is 20.1 Å². The molecular formula is C26H14Br2N2O4. The molecule has 3 aromatic rings. The number of cyclic esters (lactones) is 2. The molecule has 166 valence electrons. The van der Waals surface area contributed by atoms with E-state index in [1.165, 1.54) is 0 Å². The van der Waals surface area contributed by atoms with Crippen LogP contribution in [0.4, 0.5) is 0 Å². The normalized spacial score (nSPS) is 17.6. The predicted molar refractivity (Wildman–Crippen MR) is 136 cm³/mol. The Hall–Kier alpha value is -3.62. The lowest BCUT2D eigenvalue weighted by Gasteiger charge is -1.98. The Morgan fingerprint density at radius 2 is 0.912 bits per heavy atom. The van der Waals surface area contributed by atoms with Crippen molar-refractivity contribution >= 4 is 67.7 Å². The Bertz CT molecular complexity index is 1310. The molecular weight excluding hydrogens is 564 g/mol. The van der Waals surface area contributed by atoms with Crippen LogP contribution in [0.2, 0.25) is 0 Å². The fraction of sp³-hybridized carbons (Fsp3) is 0. The van der Waals surface area contributed by atoms with Gasteiger partial charge in [0.05, 0.1) is 0 Å². The van der Waals surface area contributed by atoms with Crippen LogP contribution in [-0.4, -0.2) is 23.7 Å². The van der Waals surface area contributed by atoms with Crippen molar-refractivity contribution in [1.82, 2.24) is 0 Å². The molecule has 0 amide bonds. The molecule has 0 saturated carbocycles. The van der Waals surface area contributed by atoms with Crippen molar-refractivity contribution in [3.63, 3.8) is 0 Å². The van der Waals surface area contributed by atoms with Crippen LogP contribution in [0.3, 0.4) is 0 Å². The van der Waals surface area contributed by atoms with Crippen molar-refractivity contribution in [2.45, 2.75) is 0 Å². The number of esters is 2. The van der Waals surface area contributed by atoms with Crippen LogP contribution in [-0.2, 0) is 19.1 Å². The number of hydrogen-bond donors (Lipinski definition) is 0. The highest BCUT2D eigenvalue weighted by molar-refractivity contribution is 9.10. The lowest BCUT2D eigenvalue weighted by atomic mass is 10.1. The summed E-state index contributed by atoms with van der Waals surface area (Å²) in [7, 11) is 0. The summed E-state index contributed by atoms with van der Waals surface area (Å²) in [6, 6.07) is 22.0. The lowest BCUT2D eigenvalue weighted by Crippen LogP contribution is -2.05. The Kier molecular flexibility index (Phi) is 6.08. The zero-order valence-electron chi connectivity index (χ0n) is 17.4. The molecule has 0 saturated heterocycles. The number of rotatable bonds is 4. The van der Waals surface area contributed by atoms with Crippen LogP contribution >= 0.6 is 31.9 Å². The third-order valence-electron chi connectivity index (χ3n) is 4.97. The quantitative estimate of drug-likeness (QED) is 0.286. The molecule has 5 rings (SSSR count). The molecule has 8 heteroatoms. The molecule has 0 unspecified atom stereocenters. The van der Waals surface area contributed by atoms with Crippen LogP contribution in [0.15, 0.2) is 103 Å². The van der Waals surface area contributed by atoms with Gasteiger partial charge in [-0.1, -0.05) is 56.1 Å². The van der Waals surface area contributed by atoms with Gasteiger partial charge in [-0.15, -0.1) is 0 Å². The summed E-state index contributed by atoms with van der Waals surface area (Å²) in [5, 5.41) is 0. The predicted octanol–water partition coefficient (Wildman–Crippen LogP) is 5.90. The minimum Gasteiger partial charge on any atom is -0.402 e. The molecule has 34 heavy (non-hydrogen) atoms. The van der Waals surface area contributed by atoms with Gasteiger partial charge in [0.15, 0.2) is 11.4 Å². The van der Waals surface area contributed by atoms with Gasteiger partial charge in [0, 0.05) is 20.1 Å². The molecule has 2 aliphatic heterocycles. The van der Waals surface area contributed by atoms with E-state index in [1.54, 1.807) is 12.2 Å². The van der Waals surface area contributed by atoms with E-state index in [4.69, 9.17) is 9.47 Å². The zero-order chi connectivity index (χ0) is 23.7. The zero-order valence-corrected chi connectivity index (χ0v) is 20.5. The monoisotopic (exact) mass is 576 g/mol. The maximum Gasteiger partial charge on any atom is 0.363 e. The van der Waals surface area contributed by atoms with Crippen molar-refractivity contribution in [2.24, 2.45) is 9.98 Å². The first-order valence-electron chi connectivity index (χ1n) is 10.1. The Labute approximate surface area is 211 Å². The number of carbonyl (C=O) groups is 2. The first-order valence-corrected chi connectivity index (χ1v) is 11.7. The van der Waals surface area contributed by atoms with Gasteiger partial charge in [-0.25, -0.2) is 19.6 Å². The molecule has 3 aromatic carbocycles. The highest BCUT2D eigenvalue weighted by atomic mass is 79.9. The van der Waals surface area contributed by atoms with Gasteiger partial charge in [0.25, 0.3) is 0 Å². The van der Waals surface area contributed by atoms with E-state index in [9.17, 15) is 9.59 Å². The lowest BCUT2D eigenvalue weighted by molar-refractivity contribution is -0.130. The molecule has 2 heterocycles. The van der Waals surface area contributed by atoms with Crippen LogP contribution in [0.5, 0.6) is 0 Å². The highest BCUT2D eigenvalue weighted by Gasteiger charge is 2.25. The van der Waals surface area contributed by atoms with Gasteiger partial charge in [0.1, 0.15) is 0 Å². The first kappa shape index (κ1) is 22.2. The second kappa shape index (κ2) is 9.32. The Morgan fingerprint density at radius 3 is 1.26 bits per heavy atom. The minimum absolute atomic E-state index is 0.215. The van der Waals surface area contributed by atoms with E-state index in [0.29, 0.717) is 11.1 Å². The molecule has 0 bridgehead atoms. The van der Waals surface area contributed by atoms with Crippen molar-refractivity contribution in [3.05, 3.63) is 115 Å². The molecule has 0 aromatic heterocycles. The molecule has 0 radical (unpaired) electrons. The molecule has 0 aliphatic carbocycles. The summed E-state index contributed by atoms with van der Waals surface area (Å²) in [4.78, 5) is 33.1. The molecule has 0 fully saturated rings. The molecule has 0 N–H and O–H groups in total. The summed E-state index contributed by atoms with van der Waals surface area (Å²) in [6.07, 6.45) is 3.30. The van der Waals surface area contributed by atoms with Crippen molar-refractivity contribution in [2.75, 3.05) is 0 Å². The summed E-state index contributed by atoms with van der Waals surface area (Å²) >= 11 is 6.75. The fourth-order valence-electron chi connectivity index (χ4n) is 3.25. The Morgan fingerprint density at radius 1 is 0.559 bits per heavy atom. The van der Waals surface area contributed by atoms with E-state index in [1.807, 2.05) is 72.8 Å². The summed E-state index contributed by atoms with van der Waals surface area (Å²) in [5.74, 6) is -0.478. The highest BCUT2D eigenvalue weighted by Crippen LogP contribution is 2.23. The van der Waals surface area contributed by atoms with Gasteiger partial charge in [0.2, 0.25) is 11.8 Å². The third kappa shape index (κ3) is 4.83. The van der Waals surface area contributed by atoms with Crippen molar-refractivity contribution < 1.29 is 19.1 Å². The molecule has 0 spiro atoms. The number of ether oxygens (including phenoxy) is 2. The standard InChI is InChI=1S/C26H14Br2N2O4/c27-19-9-5-17(6-10-19)23-29-21(25(31)33-23)13-15-1-2-16(4-3-15)14-22-26(32)34-24(30-22)18-7-11-20(28)12-8-18/h1-14H/b21-13+,22-14+. The number of benzene rings is 3. The smallest absolute Gasteiger partial charge is 0.363 e. The van der Waals surface area contributed by atoms with E-state index in [-0.39, 0.29) is 23.2 Å². The van der Waals surface area contributed by atoms with E-state index >= 15 is 0 Å². The summed E-state index contributed by atoms with van der Waals surface area (Å²) in [5.41, 5.74) is 3.40. The maximum absolute atomic E-state index is 12.2. The summed E-state index contributed by atoms with van der Waals surface area (Å²) < 4.78 is 12.4. The first-order chi connectivity index (χ1) is 16.4. The number of hydrogen-bond acceptors (Lipinski definition) is 6. The van der Waals surface area contributed by atoms with Crippen LogP contribution < -0.4 is 0 Å². The van der Waals surface area contributed by atoms with E-state index in [2.05, 4.69) is 41.8 Å². The topological polar surface area (TPSA) is 77.3 Å². The Balaban J connectivity index is 1.34. The van der Waals surface area contributed by atoms with Gasteiger partial charge < -0.3 is 9.47 Å². The molecule has 0 atom stereocenters. The van der Waals surface area contributed by atoms with Crippen molar-refractivity contribution in [1.29, 1.82) is 0 Å². The van der Waals surface area contributed by atoms with Crippen LogP contribution in [0.25, 0.3) is 12.2 Å². The average Bonchev–Trinajstić information content (AvgIpc) is 3.38. The number of nitrogens with zero attached hydrogens (tertiary/aromatic N) is 2. The van der Waals surface area contributed by atoms with Gasteiger partial charge >= 0.3 is 11.9 Å². The summed E-state index contributed by atoms with van der Waals surface area (Å²) in [6.45, 7) is 0. The maximum atomic E-state index is 12.2. The van der Waals surface area contributed by atoms with E-state index < -0.39 is 11.9 Å². The van der Waals surface area contributed by atoms with Crippen LogP contribution in [0.1, 0.15) is 22.3 Å². The second-order valence-electron chi connectivity index (χ2n) is 7.35. The largest absolute Gasteiger partial charge is 0.402 e.